The van der Waals surface area contributed by atoms with E-state index in [1.165, 1.54) is 13.1 Å². The standard InChI is InChI=1S/C19H14F3N3O2/c1-25-15(11-16(24-25)19(20,21)22)18(27)23-14-9-5-8-13(10-14)17(26)12-6-3-2-4-7-12/h2-11H,1H3,(H,23,27). The van der Waals surface area contributed by atoms with Crippen LogP contribution in [0.4, 0.5) is 18.9 Å². The Balaban J connectivity index is 1.82. The summed E-state index contributed by atoms with van der Waals surface area (Å²) in [6.07, 6.45) is -4.64. The van der Waals surface area contributed by atoms with Gasteiger partial charge in [-0.1, -0.05) is 42.5 Å². The molecule has 2 aromatic carbocycles. The molecule has 27 heavy (non-hydrogen) atoms. The lowest BCUT2D eigenvalue weighted by Gasteiger charge is -2.07. The molecule has 0 aliphatic heterocycles. The van der Waals surface area contributed by atoms with Crippen molar-refractivity contribution in [3.63, 3.8) is 0 Å². The van der Waals surface area contributed by atoms with Crippen LogP contribution in [0.1, 0.15) is 32.1 Å². The van der Waals surface area contributed by atoms with E-state index in [9.17, 15) is 22.8 Å². The topological polar surface area (TPSA) is 64.0 Å². The van der Waals surface area contributed by atoms with Gasteiger partial charge in [-0.15, -0.1) is 0 Å². The number of halogens is 3. The molecule has 0 fully saturated rings. The van der Waals surface area contributed by atoms with Crippen LogP contribution in [0.2, 0.25) is 0 Å². The number of hydrogen-bond donors (Lipinski definition) is 1. The van der Waals surface area contributed by atoms with Gasteiger partial charge in [-0.3, -0.25) is 14.3 Å². The van der Waals surface area contributed by atoms with Crippen molar-refractivity contribution in [2.45, 2.75) is 6.18 Å². The quantitative estimate of drug-likeness (QED) is 0.705. The Morgan fingerprint density at radius 3 is 2.26 bits per heavy atom. The molecule has 3 rings (SSSR count). The first-order valence-electron chi connectivity index (χ1n) is 7.88. The third-order valence-corrected chi connectivity index (χ3v) is 3.82. The Morgan fingerprint density at radius 2 is 1.63 bits per heavy atom. The summed E-state index contributed by atoms with van der Waals surface area (Å²) in [7, 11) is 1.25. The summed E-state index contributed by atoms with van der Waals surface area (Å²) in [6, 6.07) is 15.5. The van der Waals surface area contributed by atoms with E-state index in [2.05, 4.69) is 10.4 Å². The second-order valence-corrected chi connectivity index (χ2v) is 5.77. The maximum absolute atomic E-state index is 12.7. The van der Waals surface area contributed by atoms with Gasteiger partial charge in [0, 0.05) is 29.9 Å². The van der Waals surface area contributed by atoms with Crippen molar-refractivity contribution in [1.29, 1.82) is 0 Å². The van der Waals surface area contributed by atoms with Crippen LogP contribution in [0.25, 0.3) is 0 Å². The monoisotopic (exact) mass is 373 g/mol. The molecule has 138 valence electrons. The van der Waals surface area contributed by atoms with Crippen molar-refractivity contribution in [3.05, 3.63) is 83.2 Å². The second kappa shape index (κ2) is 7.06. The van der Waals surface area contributed by atoms with Gasteiger partial charge in [-0.05, 0) is 12.1 Å². The molecule has 5 nitrogen and oxygen atoms in total. The number of aryl methyl sites for hydroxylation is 1. The smallest absolute Gasteiger partial charge is 0.321 e. The van der Waals surface area contributed by atoms with E-state index in [0.717, 1.165) is 4.68 Å². The van der Waals surface area contributed by atoms with Gasteiger partial charge in [0.15, 0.2) is 11.5 Å². The molecule has 3 aromatic rings. The average Bonchev–Trinajstić information content (AvgIpc) is 3.04. The molecule has 0 aliphatic carbocycles. The summed E-state index contributed by atoms with van der Waals surface area (Å²) in [5, 5.41) is 5.80. The Kier molecular flexibility index (Phi) is 4.81. The number of hydrogen-bond acceptors (Lipinski definition) is 3. The summed E-state index contributed by atoms with van der Waals surface area (Å²) in [5.74, 6) is -0.989. The van der Waals surface area contributed by atoms with Gasteiger partial charge in [-0.2, -0.15) is 18.3 Å². The highest BCUT2D eigenvalue weighted by Crippen LogP contribution is 2.28. The number of rotatable bonds is 4. The van der Waals surface area contributed by atoms with Gasteiger partial charge < -0.3 is 5.32 Å². The molecule has 0 aliphatic rings. The van der Waals surface area contributed by atoms with Gasteiger partial charge in [0.1, 0.15) is 5.69 Å². The normalized spacial score (nSPS) is 11.3. The lowest BCUT2D eigenvalue weighted by molar-refractivity contribution is -0.141. The minimum Gasteiger partial charge on any atom is -0.321 e. The maximum atomic E-state index is 12.7. The van der Waals surface area contributed by atoms with Crippen LogP contribution in [-0.2, 0) is 13.2 Å². The Labute approximate surface area is 152 Å². The highest BCUT2D eigenvalue weighted by molar-refractivity contribution is 6.10. The number of nitrogens with one attached hydrogen (secondary N) is 1. The van der Waals surface area contributed by atoms with Crippen LogP contribution >= 0.6 is 0 Å². The van der Waals surface area contributed by atoms with Crippen LogP contribution in [0, 0.1) is 0 Å². The van der Waals surface area contributed by atoms with Crippen molar-refractivity contribution in [3.8, 4) is 0 Å². The van der Waals surface area contributed by atoms with Crippen LogP contribution in [0.5, 0.6) is 0 Å². The molecule has 1 N–H and O–H groups in total. The number of carbonyl (C=O) groups is 2. The van der Waals surface area contributed by atoms with Crippen LogP contribution in [-0.4, -0.2) is 21.5 Å². The number of ketones is 1. The van der Waals surface area contributed by atoms with E-state index in [4.69, 9.17) is 0 Å². The molecular weight excluding hydrogens is 359 g/mol. The van der Waals surface area contributed by atoms with Crippen molar-refractivity contribution in [2.24, 2.45) is 7.05 Å². The number of carbonyl (C=O) groups excluding carboxylic acids is 2. The first-order chi connectivity index (χ1) is 12.8. The molecule has 0 spiro atoms. The zero-order valence-electron chi connectivity index (χ0n) is 14.1. The number of anilines is 1. The minimum atomic E-state index is -4.64. The molecule has 1 amide bonds. The van der Waals surface area contributed by atoms with Crippen LogP contribution < -0.4 is 5.32 Å². The van der Waals surface area contributed by atoms with Gasteiger partial charge in [0.2, 0.25) is 0 Å². The van der Waals surface area contributed by atoms with Gasteiger partial charge in [0.05, 0.1) is 0 Å². The van der Waals surface area contributed by atoms with Crippen molar-refractivity contribution >= 4 is 17.4 Å². The molecule has 0 radical (unpaired) electrons. The molecule has 0 saturated heterocycles. The molecule has 0 saturated carbocycles. The first-order valence-corrected chi connectivity index (χ1v) is 7.88. The number of benzene rings is 2. The number of aromatic nitrogens is 2. The predicted octanol–water partition coefficient (Wildman–Crippen LogP) is 3.92. The molecule has 1 heterocycles. The molecule has 8 heteroatoms. The average molecular weight is 373 g/mol. The zero-order chi connectivity index (χ0) is 19.6. The number of alkyl halides is 3. The summed E-state index contributed by atoms with van der Waals surface area (Å²) in [6.45, 7) is 0. The fraction of sp³-hybridized carbons (Fsp3) is 0.105. The summed E-state index contributed by atoms with van der Waals surface area (Å²) in [5.41, 5.74) is -0.274. The fourth-order valence-electron chi connectivity index (χ4n) is 2.51. The summed E-state index contributed by atoms with van der Waals surface area (Å²) < 4.78 is 39.0. The van der Waals surface area contributed by atoms with E-state index < -0.39 is 17.8 Å². The van der Waals surface area contributed by atoms with Crippen molar-refractivity contribution < 1.29 is 22.8 Å². The minimum absolute atomic E-state index is 0.230. The van der Waals surface area contributed by atoms with E-state index in [0.29, 0.717) is 17.2 Å². The largest absolute Gasteiger partial charge is 0.435 e. The van der Waals surface area contributed by atoms with E-state index in [-0.39, 0.29) is 17.2 Å². The summed E-state index contributed by atoms with van der Waals surface area (Å²) >= 11 is 0. The van der Waals surface area contributed by atoms with E-state index in [1.807, 2.05) is 0 Å². The van der Waals surface area contributed by atoms with E-state index >= 15 is 0 Å². The lowest BCUT2D eigenvalue weighted by Crippen LogP contribution is -2.16. The highest BCUT2D eigenvalue weighted by atomic mass is 19.4. The third kappa shape index (κ3) is 4.05. The van der Waals surface area contributed by atoms with Gasteiger partial charge in [0.25, 0.3) is 5.91 Å². The maximum Gasteiger partial charge on any atom is 0.435 e. The summed E-state index contributed by atoms with van der Waals surface area (Å²) in [4.78, 5) is 24.8. The Bertz CT molecular complexity index is 995. The van der Waals surface area contributed by atoms with Crippen molar-refractivity contribution in [2.75, 3.05) is 5.32 Å². The Morgan fingerprint density at radius 1 is 0.963 bits per heavy atom. The van der Waals surface area contributed by atoms with E-state index in [1.54, 1.807) is 48.5 Å². The predicted molar refractivity (Wildman–Crippen MR) is 92.5 cm³/mol. The molecule has 0 atom stereocenters. The van der Waals surface area contributed by atoms with Gasteiger partial charge in [-0.25, -0.2) is 0 Å². The fourth-order valence-corrected chi connectivity index (χ4v) is 2.51. The van der Waals surface area contributed by atoms with Gasteiger partial charge >= 0.3 is 6.18 Å². The second-order valence-electron chi connectivity index (χ2n) is 5.77. The highest BCUT2D eigenvalue weighted by Gasteiger charge is 2.35. The molecule has 0 unspecified atom stereocenters. The first kappa shape index (κ1) is 18.4. The third-order valence-electron chi connectivity index (χ3n) is 3.82. The zero-order valence-corrected chi connectivity index (χ0v) is 14.1. The lowest BCUT2D eigenvalue weighted by atomic mass is 10.0. The van der Waals surface area contributed by atoms with Crippen LogP contribution in [0.3, 0.4) is 0 Å². The number of nitrogens with zero attached hydrogens (tertiary/aromatic N) is 2. The molecule has 0 bridgehead atoms. The van der Waals surface area contributed by atoms with Crippen molar-refractivity contribution in [1.82, 2.24) is 9.78 Å². The molecular formula is C19H14F3N3O2. The molecule has 1 aromatic heterocycles. The SMILES string of the molecule is Cn1nc(C(F)(F)F)cc1C(=O)Nc1cccc(C(=O)c2ccccc2)c1. The van der Waals surface area contributed by atoms with Crippen LogP contribution in [0.15, 0.2) is 60.7 Å². The number of amides is 1. The Hall–Kier alpha value is -3.42.